The van der Waals surface area contributed by atoms with E-state index >= 15 is 0 Å². The summed E-state index contributed by atoms with van der Waals surface area (Å²) in [6.07, 6.45) is -3.03. The van der Waals surface area contributed by atoms with Gasteiger partial charge < -0.3 is 20.8 Å². The molecule has 0 aromatic heterocycles. The lowest BCUT2D eigenvalue weighted by Crippen LogP contribution is -2.32. The van der Waals surface area contributed by atoms with Crippen LogP contribution in [-0.2, 0) is 0 Å². The Hall–Kier alpha value is -1.94. The van der Waals surface area contributed by atoms with Crippen LogP contribution in [0.3, 0.4) is 0 Å². The Balaban J connectivity index is 3.02. The number of hydrogen-bond acceptors (Lipinski definition) is 8. The summed E-state index contributed by atoms with van der Waals surface area (Å²) in [6.45, 7) is 0. The predicted octanol–water partition coefficient (Wildman–Crippen LogP) is -2.50. The number of aliphatic hydroxyl groups excluding tert-OH is 2. The first-order valence-corrected chi connectivity index (χ1v) is 3.35. The van der Waals surface area contributed by atoms with Crippen molar-refractivity contribution in [3.63, 3.8) is 0 Å². The molecule has 0 spiro atoms. The number of aliphatic hydroxyl groups is 2. The zero-order valence-corrected chi connectivity index (χ0v) is 6.58. The van der Waals surface area contributed by atoms with E-state index in [1.807, 2.05) is 10.6 Å². The standard InChI is InChI=1S/C4H6N4O6/c9-2-3(10)6-1(5-2)4(7(11)12)8(13)14/h2-3,5-6,9-10H/t2-,3-/m0/s1. The summed E-state index contributed by atoms with van der Waals surface area (Å²) in [5.74, 6) is -1.99. The zero-order valence-electron chi connectivity index (χ0n) is 6.58. The average molecular weight is 206 g/mol. The van der Waals surface area contributed by atoms with Crippen molar-refractivity contribution in [3.05, 3.63) is 31.9 Å². The van der Waals surface area contributed by atoms with E-state index in [-0.39, 0.29) is 0 Å². The van der Waals surface area contributed by atoms with Crippen molar-refractivity contribution in [2.45, 2.75) is 12.5 Å². The normalized spacial score (nSPS) is 25.1. The van der Waals surface area contributed by atoms with Crippen molar-refractivity contribution in [3.8, 4) is 0 Å². The van der Waals surface area contributed by atoms with Gasteiger partial charge in [-0.25, -0.2) is 0 Å². The van der Waals surface area contributed by atoms with Gasteiger partial charge in [0.05, 0.1) is 0 Å². The minimum Gasteiger partial charge on any atom is -0.369 e. The summed E-state index contributed by atoms with van der Waals surface area (Å²) in [4.78, 5) is 17.9. The maximum absolute atomic E-state index is 10.2. The third-order valence-electron chi connectivity index (χ3n) is 1.45. The van der Waals surface area contributed by atoms with E-state index < -0.39 is 33.9 Å². The number of hydrogen-bond donors (Lipinski definition) is 4. The van der Waals surface area contributed by atoms with Crippen LogP contribution in [0.4, 0.5) is 0 Å². The van der Waals surface area contributed by atoms with Gasteiger partial charge in [-0.15, -0.1) is 0 Å². The predicted molar refractivity (Wildman–Crippen MR) is 39.3 cm³/mol. The summed E-state index contributed by atoms with van der Waals surface area (Å²) in [6, 6.07) is 0. The van der Waals surface area contributed by atoms with Crippen LogP contribution in [0.15, 0.2) is 11.6 Å². The Labute approximate surface area is 76.1 Å². The van der Waals surface area contributed by atoms with Crippen LogP contribution in [0.1, 0.15) is 0 Å². The maximum Gasteiger partial charge on any atom is 0.599 e. The fourth-order valence-corrected chi connectivity index (χ4v) is 0.874. The van der Waals surface area contributed by atoms with E-state index in [1.165, 1.54) is 0 Å². The van der Waals surface area contributed by atoms with E-state index in [2.05, 4.69) is 0 Å². The molecule has 1 aliphatic rings. The molecule has 4 N–H and O–H groups in total. The fourth-order valence-electron chi connectivity index (χ4n) is 0.874. The lowest BCUT2D eigenvalue weighted by atomic mass is 10.5. The van der Waals surface area contributed by atoms with Crippen molar-refractivity contribution in [2.75, 3.05) is 0 Å². The smallest absolute Gasteiger partial charge is 0.369 e. The highest BCUT2D eigenvalue weighted by Crippen LogP contribution is 2.08. The molecule has 10 heteroatoms. The van der Waals surface area contributed by atoms with Crippen molar-refractivity contribution < 1.29 is 20.1 Å². The van der Waals surface area contributed by atoms with Gasteiger partial charge in [-0.3, -0.25) is 20.2 Å². The summed E-state index contributed by atoms with van der Waals surface area (Å²) in [5.41, 5.74) is 0. The molecule has 1 fully saturated rings. The molecule has 0 amide bonds. The van der Waals surface area contributed by atoms with Crippen molar-refractivity contribution >= 4 is 0 Å². The monoisotopic (exact) mass is 206 g/mol. The summed E-state index contributed by atoms with van der Waals surface area (Å²) >= 11 is 0. The molecule has 0 bridgehead atoms. The average Bonchev–Trinajstić information content (AvgIpc) is 2.29. The third kappa shape index (κ3) is 1.70. The van der Waals surface area contributed by atoms with Crippen LogP contribution in [0, 0.1) is 20.2 Å². The molecule has 0 saturated carbocycles. The van der Waals surface area contributed by atoms with Crippen molar-refractivity contribution in [2.24, 2.45) is 0 Å². The first-order chi connectivity index (χ1) is 6.43. The second-order valence-corrected chi connectivity index (χ2v) is 2.39. The van der Waals surface area contributed by atoms with Crippen LogP contribution in [0.5, 0.6) is 0 Å². The largest absolute Gasteiger partial charge is 0.599 e. The van der Waals surface area contributed by atoms with E-state index in [4.69, 9.17) is 10.2 Å². The molecule has 2 atom stereocenters. The summed E-state index contributed by atoms with van der Waals surface area (Å²) in [7, 11) is 0. The Kier molecular flexibility index (Phi) is 2.49. The molecule has 10 nitrogen and oxygen atoms in total. The number of nitro groups is 2. The van der Waals surface area contributed by atoms with Gasteiger partial charge in [0, 0.05) is 0 Å². The van der Waals surface area contributed by atoms with Crippen LogP contribution < -0.4 is 10.6 Å². The summed E-state index contributed by atoms with van der Waals surface area (Å²) in [5, 5.41) is 42.1. The second kappa shape index (κ2) is 3.43. The van der Waals surface area contributed by atoms with E-state index in [0.29, 0.717) is 0 Å². The van der Waals surface area contributed by atoms with Gasteiger partial charge in [0.25, 0.3) is 5.82 Å². The van der Waals surface area contributed by atoms with Crippen LogP contribution in [0.2, 0.25) is 0 Å². The Morgan fingerprint density at radius 1 is 1.14 bits per heavy atom. The maximum atomic E-state index is 10.2. The Morgan fingerprint density at radius 3 is 1.79 bits per heavy atom. The topological polar surface area (TPSA) is 151 Å². The quantitative estimate of drug-likeness (QED) is 0.285. The first-order valence-electron chi connectivity index (χ1n) is 3.35. The molecule has 78 valence electrons. The van der Waals surface area contributed by atoms with Crippen molar-refractivity contribution in [1.29, 1.82) is 0 Å². The van der Waals surface area contributed by atoms with Crippen LogP contribution >= 0.6 is 0 Å². The molecule has 0 radical (unpaired) electrons. The molecule has 0 aromatic carbocycles. The Morgan fingerprint density at radius 2 is 1.50 bits per heavy atom. The minimum absolute atomic E-state index is 0.625. The number of rotatable bonds is 2. The first kappa shape index (κ1) is 10.1. The number of nitrogens with zero attached hydrogens (tertiary/aromatic N) is 2. The van der Waals surface area contributed by atoms with Gasteiger partial charge in [0.2, 0.25) is 0 Å². The molecule has 1 aliphatic heterocycles. The Bertz CT molecular complexity index is 285. The molecule has 0 unspecified atom stereocenters. The lowest BCUT2D eigenvalue weighted by molar-refractivity contribution is -0.618. The molecule has 0 aromatic rings. The molecule has 1 heterocycles. The van der Waals surface area contributed by atoms with Gasteiger partial charge >= 0.3 is 5.82 Å². The van der Waals surface area contributed by atoms with Gasteiger partial charge in [0.1, 0.15) is 9.85 Å². The zero-order chi connectivity index (χ0) is 10.9. The molecular formula is C4H6N4O6. The summed E-state index contributed by atoms with van der Waals surface area (Å²) < 4.78 is 0. The molecule has 1 saturated heterocycles. The second-order valence-electron chi connectivity index (χ2n) is 2.39. The molecule has 14 heavy (non-hydrogen) atoms. The highest BCUT2D eigenvalue weighted by molar-refractivity contribution is 5.05. The van der Waals surface area contributed by atoms with Crippen LogP contribution in [-0.4, -0.2) is 32.5 Å². The van der Waals surface area contributed by atoms with E-state index in [9.17, 15) is 20.2 Å². The fraction of sp³-hybridized carbons (Fsp3) is 0.500. The minimum atomic E-state index is -1.51. The van der Waals surface area contributed by atoms with E-state index in [1.54, 1.807) is 0 Å². The van der Waals surface area contributed by atoms with Crippen molar-refractivity contribution in [1.82, 2.24) is 10.6 Å². The van der Waals surface area contributed by atoms with E-state index in [0.717, 1.165) is 0 Å². The van der Waals surface area contributed by atoms with Gasteiger partial charge in [-0.05, 0) is 0 Å². The molecule has 0 aliphatic carbocycles. The van der Waals surface area contributed by atoms with Gasteiger partial charge in [0.15, 0.2) is 12.5 Å². The molecular weight excluding hydrogens is 200 g/mol. The SMILES string of the molecule is O=[N+]([O-])C(=C1N[C@@H](O)[C@H](O)N1)[N+](=O)[O-]. The number of nitrogens with one attached hydrogen (secondary N) is 2. The third-order valence-corrected chi connectivity index (χ3v) is 1.45. The lowest BCUT2D eigenvalue weighted by Gasteiger charge is -2.02. The molecule has 1 rings (SSSR count). The van der Waals surface area contributed by atoms with Crippen LogP contribution in [0.25, 0.3) is 0 Å². The highest BCUT2D eigenvalue weighted by Gasteiger charge is 2.40. The highest BCUT2D eigenvalue weighted by atomic mass is 16.7. The van der Waals surface area contributed by atoms with Gasteiger partial charge in [-0.1, -0.05) is 0 Å². The van der Waals surface area contributed by atoms with Gasteiger partial charge in [-0.2, -0.15) is 0 Å².